The summed E-state index contributed by atoms with van der Waals surface area (Å²) in [6.45, 7) is 7.46. The van der Waals surface area contributed by atoms with Gasteiger partial charge >= 0.3 is 6.03 Å². The number of urea groups is 1. The quantitative estimate of drug-likeness (QED) is 0.456. The van der Waals surface area contributed by atoms with E-state index in [1.54, 1.807) is 16.1 Å². The van der Waals surface area contributed by atoms with Gasteiger partial charge in [0, 0.05) is 18.8 Å². The zero-order chi connectivity index (χ0) is 23.6. The minimum atomic E-state index is -0.276. The summed E-state index contributed by atoms with van der Waals surface area (Å²) in [6.07, 6.45) is 2.34. The Labute approximate surface area is 196 Å². The lowest BCUT2D eigenvalue weighted by molar-refractivity contribution is -0.132. The third-order valence-corrected chi connectivity index (χ3v) is 5.29. The summed E-state index contributed by atoms with van der Waals surface area (Å²) >= 11 is 0. The fourth-order valence-electron chi connectivity index (χ4n) is 3.55. The molecule has 0 unspecified atom stereocenters. The molecule has 1 heterocycles. The molecule has 0 saturated carbocycles. The lowest BCUT2D eigenvalue weighted by Crippen LogP contribution is -2.46. The van der Waals surface area contributed by atoms with Crippen molar-refractivity contribution < 1.29 is 14.0 Å². The maximum absolute atomic E-state index is 13.3. The largest absolute Gasteiger partial charge is 0.467 e. The molecule has 0 aliphatic rings. The Morgan fingerprint density at radius 1 is 0.939 bits per heavy atom. The van der Waals surface area contributed by atoms with Crippen molar-refractivity contribution >= 4 is 17.6 Å². The Bertz CT molecular complexity index is 999. The van der Waals surface area contributed by atoms with Crippen LogP contribution >= 0.6 is 0 Å². The third-order valence-electron chi connectivity index (χ3n) is 5.29. The van der Waals surface area contributed by atoms with Gasteiger partial charge in [0.05, 0.1) is 12.8 Å². The number of benzene rings is 2. The van der Waals surface area contributed by atoms with E-state index in [1.807, 2.05) is 75.4 Å². The van der Waals surface area contributed by atoms with Crippen molar-refractivity contribution in [1.82, 2.24) is 9.80 Å². The summed E-state index contributed by atoms with van der Waals surface area (Å²) in [5.41, 5.74) is 2.99. The Morgan fingerprint density at radius 3 is 2.30 bits per heavy atom. The number of amides is 3. The number of nitrogens with zero attached hydrogens (tertiary/aromatic N) is 2. The van der Waals surface area contributed by atoms with Gasteiger partial charge in [0.2, 0.25) is 5.91 Å². The lowest BCUT2D eigenvalue weighted by Gasteiger charge is -2.28. The molecule has 6 nitrogen and oxygen atoms in total. The van der Waals surface area contributed by atoms with Gasteiger partial charge in [-0.3, -0.25) is 4.79 Å². The maximum atomic E-state index is 13.3. The first-order valence-electron chi connectivity index (χ1n) is 11.4. The molecule has 174 valence electrons. The van der Waals surface area contributed by atoms with Crippen molar-refractivity contribution in [2.75, 3.05) is 25.0 Å². The molecule has 0 bridgehead atoms. The predicted octanol–water partition coefficient (Wildman–Crippen LogP) is 5.35. The van der Waals surface area contributed by atoms with Crippen molar-refractivity contribution in [3.63, 3.8) is 0 Å². The van der Waals surface area contributed by atoms with Crippen LogP contribution in [0, 0.1) is 12.8 Å². The molecule has 0 aliphatic heterocycles. The van der Waals surface area contributed by atoms with Crippen molar-refractivity contribution in [3.8, 4) is 0 Å². The van der Waals surface area contributed by atoms with Gasteiger partial charge in [-0.15, -0.1) is 0 Å². The minimum absolute atomic E-state index is 0.00533. The Morgan fingerprint density at radius 2 is 1.67 bits per heavy atom. The molecule has 3 amide bonds. The van der Waals surface area contributed by atoms with Crippen molar-refractivity contribution in [1.29, 1.82) is 0 Å². The predicted molar refractivity (Wildman–Crippen MR) is 131 cm³/mol. The van der Waals surface area contributed by atoms with E-state index < -0.39 is 0 Å². The van der Waals surface area contributed by atoms with Crippen LogP contribution in [0.3, 0.4) is 0 Å². The number of hydrogen-bond donors (Lipinski definition) is 1. The van der Waals surface area contributed by atoms with Crippen LogP contribution in [0.1, 0.15) is 30.7 Å². The van der Waals surface area contributed by atoms with Gasteiger partial charge in [-0.2, -0.15) is 0 Å². The summed E-state index contributed by atoms with van der Waals surface area (Å²) in [5.74, 6) is 0.836. The Balaban J connectivity index is 1.70. The summed E-state index contributed by atoms with van der Waals surface area (Å²) in [4.78, 5) is 29.7. The van der Waals surface area contributed by atoms with Gasteiger partial charge in [0.1, 0.15) is 12.3 Å². The molecule has 0 atom stereocenters. The number of carbonyl (C=O) groups is 2. The van der Waals surface area contributed by atoms with E-state index in [0.717, 1.165) is 23.3 Å². The summed E-state index contributed by atoms with van der Waals surface area (Å²) in [6, 6.07) is 21.1. The average Bonchev–Trinajstić information content (AvgIpc) is 3.31. The number of furan rings is 1. The average molecular weight is 448 g/mol. The molecule has 3 aromatic rings. The molecule has 1 N–H and O–H groups in total. The van der Waals surface area contributed by atoms with E-state index in [-0.39, 0.29) is 24.4 Å². The number of rotatable bonds is 10. The van der Waals surface area contributed by atoms with Crippen LogP contribution in [0.4, 0.5) is 10.5 Å². The van der Waals surface area contributed by atoms with E-state index >= 15 is 0 Å². The lowest BCUT2D eigenvalue weighted by atomic mass is 10.1. The second-order valence-corrected chi connectivity index (χ2v) is 8.70. The molecule has 0 saturated heterocycles. The van der Waals surface area contributed by atoms with E-state index in [1.165, 1.54) is 0 Å². The minimum Gasteiger partial charge on any atom is -0.467 e. The third kappa shape index (κ3) is 7.83. The Kier molecular flexibility index (Phi) is 8.70. The second-order valence-electron chi connectivity index (χ2n) is 8.70. The van der Waals surface area contributed by atoms with Crippen molar-refractivity contribution in [2.45, 2.75) is 33.7 Å². The van der Waals surface area contributed by atoms with Crippen LogP contribution in [0.25, 0.3) is 0 Å². The van der Waals surface area contributed by atoms with Gasteiger partial charge in [-0.1, -0.05) is 61.9 Å². The number of anilines is 1. The van der Waals surface area contributed by atoms with Crippen LogP contribution in [-0.2, 0) is 17.8 Å². The van der Waals surface area contributed by atoms with E-state index in [0.29, 0.717) is 25.3 Å². The molecule has 1 aromatic heterocycles. The maximum Gasteiger partial charge on any atom is 0.322 e. The highest BCUT2D eigenvalue weighted by Crippen LogP contribution is 2.13. The fourth-order valence-corrected chi connectivity index (χ4v) is 3.55. The monoisotopic (exact) mass is 447 g/mol. The molecule has 0 spiro atoms. The normalized spacial score (nSPS) is 10.8. The fraction of sp³-hybridized carbons (Fsp3) is 0.333. The number of hydrogen-bond acceptors (Lipinski definition) is 3. The molecule has 3 rings (SSSR count). The van der Waals surface area contributed by atoms with Gasteiger partial charge < -0.3 is 19.5 Å². The first-order chi connectivity index (χ1) is 15.9. The van der Waals surface area contributed by atoms with Crippen LogP contribution < -0.4 is 5.32 Å². The van der Waals surface area contributed by atoms with Crippen LogP contribution in [0.15, 0.2) is 77.4 Å². The molecule has 0 fully saturated rings. The van der Waals surface area contributed by atoms with Crippen LogP contribution in [-0.4, -0.2) is 41.4 Å². The molecule has 33 heavy (non-hydrogen) atoms. The highest BCUT2D eigenvalue weighted by Gasteiger charge is 2.23. The van der Waals surface area contributed by atoms with E-state index in [9.17, 15) is 9.59 Å². The van der Waals surface area contributed by atoms with Crippen LogP contribution in [0.5, 0.6) is 0 Å². The molecular weight excluding hydrogens is 414 g/mol. The topological polar surface area (TPSA) is 65.8 Å². The van der Waals surface area contributed by atoms with Gasteiger partial charge in [0.15, 0.2) is 0 Å². The smallest absolute Gasteiger partial charge is 0.322 e. The molecule has 6 heteroatoms. The first-order valence-corrected chi connectivity index (χ1v) is 11.4. The second kappa shape index (κ2) is 11.9. The first kappa shape index (κ1) is 24.1. The van der Waals surface area contributed by atoms with Crippen molar-refractivity contribution in [2.24, 2.45) is 5.92 Å². The molecule has 0 aliphatic carbocycles. The number of carbonyl (C=O) groups excluding carboxylic acids is 2. The zero-order valence-corrected chi connectivity index (χ0v) is 19.7. The van der Waals surface area contributed by atoms with Gasteiger partial charge in [0.25, 0.3) is 0 Å². The summed E-state index contributed by atoms with van der Waals surface area (Å²) < 4.78 is 5.49. The summed E-state index contributed by atoms with van der Waals surface area (Å²) in [5, 5.41) is 2.92. The molecular formula is C27H33N3O3. The standard InChI is InChI=1S/C27H33N3O3/c1-21(2)18-30(27(32)28-24-13-11-22(3)12-14-24)20-26(31)29(19-25-10-7-17-33-25)16-15-23-8-5-4-6-9-23/h4-14,17,21H,15-16,18-20H2,1-3H3,(H,28,32). The van der Waals surface area contributed by atoms with Crippen LogP contribution in [0.2, 0.25) is 0 Å². The number of aryl methyl sites for hydroxylation is 1. The Hall–Kier alpha value is -3.54. The van der Waals surface area contributed by atoms with E-state index in [4.69, 9.17) is 4.42 Å². The molecule has 2 aromatic carbocycles. The van der Waals surface area contributed by atoms with Gasteiger partial charge in [-0.05, 0) is 49.1 Å². The van der Waals surface area contributed by atoms with Crippen molar-refractivity contribution in [3.05, 3.63) is 89.9 Å². The zero-order valence-electron chi connectivity index (χ0n) is 19.7. The highest BCUT2D eigenvalue weighted by molar-refractivity contribution is 5.92. The number of nitrogens with one attached hydrogen (secondary N) is 1. The highest BCUT2D eigenvalue weighted by atomic mass is 16.3. The summed E-state index contributed by atoms with van der Waals surface area (Å²) in [7, 11) is 0. The van der Waals surface area contributed by atoms with Gasteiger partial charge in [-0.25, -0.2) is 4.79 Å². The molecule has 0 radical (unpaired) electrons. The SMILES string of the molecule is Cc1ccc(NC(=O)N(CC(=O)N(CCc2ccccc2)Cc2ccco2)CC(C)C)cc1. The van der Waals surface area contributed by atoms with E-state index in [2.05, 4.69) is 17.4 Å².